The molecule has 0 heterocycles. The summed E-state index contributed by atoms with van der Waals surface area (Å²) in [4.78, 5) is 0. The summed E-state index contributed by atoms with van der Waals surface area (Å²) in [5.41, 5.74) is -0.104. The van der Waals surface area contributed by atoms with Crippen molar-refractivity contribution in [3.63, 3.8) is 0 Å². The quantitative estimate of drug-likeness (QED) is 0.0364. The Labute approximate surface area is 375 Å². The highest BCUT2D eigenvalue weighted by Crippen LogP contribution is 2.40. The number of hydrogen-bond acceptors (Lipinski definition) is 4. The van der Waals surface area contributed by atoms with Crippen LogP contribution in [0.2, 0.25) is 0 Å². The molecule has 0 fully saturated rings. The second-order valence-corrected chi connectivity index (χ2v) is 18.4. The normalized spacial score (nSPS) is 13.8. The van der Waals surface area contributed by atoms with Crippen molar-refractivity contribution in [2.45, 2.75) is 277 Å². The predicted octanol–water partition coefficient (Wildman–Crippen LogP) is 18.2. The van der Waals surface area contributed by atoms with E-state index in [9.17, 15) is 10.2 Å². The second kappa shape index (κ2) is 47.8. The van der Waals surface area contributed by atoms with Gasteiger partial charge >= 0.3 is 0 Å². The van der Waals surface area contributed by atoms with Crippen LogP contribution in [0.1, 0.15) is 271 Å². The van der Waals surface area contributed by atoms with E-state index >= 15 is 0 Å². The summed E-state index contributed by atoms with van der Waals surface area (Å²) in [6, 6.07) is 0. The first-order valence-corrected chi connectivity index (χ1v) is 26.5. The minimum Gasteiger partial charge on any atom is -0.484 e. The van der Waals surface area contributed by atoms with E-state index < -0.39 is 6.10 Å². The fraction of sp³-hybridized carbons (Fsp3) is 0.836. The molecule has 0 aliphatic rings. The molecule has 2 N–H and O–H groups in total. The fourth-order valence-electron chi connectivity index (χ4n) is 8.27. The van der Waals surface area contributed by atoms with Crippen LogP contribution in [0.15, 0.2) is 48.6 Å². The summed E-state index contributed by atoms with van der Waals surface area (Å²) >= 11 is 6.12. The molecular formula is C55H102O3S. The van der Waals surface area contributed by atoms with Crippen molar-refractivity contribution in [2.24, 2.45) is 5.41 Å². The number of ether oxygens (including phenoxy) is 1. The number of aliphatic hydroxyl groups is 2. The molecular weight excluding hydrogens is 741 g/mol. The summed E-state index contributed by atoms with van der Waals surface area (Å²) in [5.74, 6) is 0. The first kappa shape index (κ1) is 57.8. The average molecular weight is 843 g/mol. The third-order valence-corrected chi connectivity index (χ3v) is 12.8. The molecule has 0 aliphatic carbocycles. The largest absolute Gasteiger partial charge is 0.484 e. The zero-order valence-corrected chi connectivity index (χ0v) is 40.7. The van der Waals surface area contributed by atoms with Crippen LogP contribution in [-0.4, -0.2) is 34.6 Å². The van der Waals surface area contributed by atoms with Crippen molar-refractivity contribution in [1.29, 1.82) is 0 Å². The number of rotatable bonds is 47. The molecule has 0 aromatic heterocycles. The van der Waals surface area contributed by atoms with Gasteiger partial charge < -0.3 is 14.9 Å². The standard InChI is InChI=1S/C55H102O3S/c1-4-7-10-13-16-19-22-25-27-29-31-34-37-40-43-46-49-55(54(59)58-52-53(57)51-56,48-45-42-39-36-33-24-21-18-15-12-9-6-3)50-47-44-41-38-35-32-30-28-26-23-20-17-14-11-8-5-2/h16-17,19-20,25-28,53,56-57H,4-15,18,21-24,29-52H2,1-3H3. The van der Waals surface area contributed by atoms with Crippen molar-refractivity contribution < 1.29 is 14.9 Å². The van der Waals surface area contributed by atoms with Crippen molar-refractivity contribution >= 4 is 17.3 Å². The van der Waals surface area contributed by atoms with Gasteiger partial charge in [-0.25, -0.2) is 0 Å². The molecule has 0 spiro atoms. The average Bonchev–Trinajstić information content (AvgIpc) is 3.25. The Kier molecular flexibility index (Phi) is 46.8. The number of allylic oxidation sites excluding steroid dienone is 8. The molecule has 346 valence electrons. The monoisotopic (exact) mass is 843 g/mol. The van der Waals surface area contributed by atoms with E-state index in [1.54, 1.807) is 0 Å². The van der Waals surface area contributed by atoms with Crippen LogP contribution in [0, 0.1) is 5.41 Å². The number of unbranched alkanes of at least 4 members (excludes halogenated alkanes) is 29. The van der Waals surface area contributed by atoms with Crippen LogP contribution >= 0.6 is 12.2 Å². The van der Waals surface area contributed by atoms with E-state index in [1.165, 1.54) is 218 Å². The lowest BCUT2D eigenvalue weighted by atomic mass is 9.74. The first-order chi connectivity index (χ1) is 29.1. The Balaban J connectivity index is 4.94. The van der Waals surface area contributed by atoms with E-state index in [-0.39, 0.29) is 18.6 Å². The smallest absolute Gasteiger partial charge is 0.165 e. The molecule has 0 rings (SSSR count). The first-order valence-electron chi connectivity index (χ1n) is 26.1. The molecule has 0 radical (unpaired) electrons. The fourth-order valence-corrected chi connectivity index (χ4v) is 8.64. The van der Waals surface area contributed by atoms with E-state index in [0.717, 1.165) is 32.1 Å². The predicted molar refractivity (Wildman–Crippen MR) is 268 cm³/mol. The van der Waals surface area contributed by atoms with Crippen molar-refractivity contribution in [2.75, 3.05) is 13.2 Å². The number of aliphatic hydroxyl groups excluding tert-OH is 2. The summed E-state index contributed by atoms with van der Waals surface area (Å²) in [6.45, 7) is 6.64. The Morgan fingerprint density at radius 3 is 1.02 bits per heavy atom. The Morgan fingerprint density at radius 1 is 0.424 bits per heavy atom. The minimum atomic E-state index is -0.874. The second-order valence-electron chi connectivity index (χ2n) is 18.0. The van der Waals surface area contributed by atoms with Gasteiger partial charge in [0.15, 0.2) is 5.05 Å². The van der Waals surface area contributed by atoms with Gasteiger partial charge in [0.05, 0.1) is 6.61 Å². The van der Waals surface area contributed by atoms with Crippen LogP contribution in [0.4, 0.5) is 0 Å². The lowest BCUT2D eigenvalue weighted by molar-refractivity contribution is 0.0439. The molecule has 0 aliphatic heterocycles. The van der Waals surface area contributed by atoms with E-state index in [4.69, 9.17) is 17.0 Å². The molecule has 0 amide bonds. The van der Waals surface area contributed by atoms with Crippen LogP contribution in [0.3, 0.4) is 0 Å². The Bertz CT molecular complexity index is 919. The number of hydrogen-bond donors (Lipinski definition) is 2. The Morgan fingerprint density at radius 2 is 0.695 bits per heavy atom. The van der Waals surface area contributed by atoms with Crippen molar-refractivity contribution in [3.8, 4) is 0 Å². The topological polar surface area (TPSA) is 49.7 Å². The van der Waals surface area contributed by atoms with Gasteiger partial charge in [-0.2, -0.15) is 0 Å². The maximum Gasteiger partial charge on any atom is 0.165 e. The highest BCUT2D eigenvalue weighted by molar-refractivity contribution is 7.80. The molecule has 0 aromatic rings. The van der Waals surface area contributed by atoms with E-state index in [0.29, 0.717) is 5.05 Å². The lowest BCUT2D eigenvalue weighted by Gasteiger charge is -2.35. The summed E-state index contributed by atoms with van der Waals surface area (Å²) in [6.07, 6.45) is 67.7. The molecule has 1 unspecified atom stereocenters. The molecule has 0 saturated heterocycles. The van der Waals surface area contributed by atoms with Gasteiger partial charge in [0.2, 0.25) is 0 Å². The van der Waals surface area contributed by atoms with E-state index in [2.05, 4.69) is 69.4 Å². The molecule has 0 saturated carbocycles. The minimum absolute atomic E-state index is 0.100. The lowest BCUT2D eigenvalue weighted by Crippen LogP contribution is -2.34. The SMILES string of the molecule is CCCCCC=CCC=CCCCCCCCCC(CCCCCCCCC=CCC=CCCCCC)(CCCCCCCCCCCCCC)C(=S)OCC(O)CO. The summed E-state index contributed by atoms with van der Waals surface area (Å²) in [5, 5.41) is 20.4. The van der Waals surface area contributed by atoms with Gasteiger partial charge in [-0.05, 0) is 95.7 Å². The molecule has 0 bridgehead atoms. The third kappa shape index (κ3) is 40.6. The molecule has 59 heavy (non-hydrogen) atoms. The molecule has 0 aromatic carbocycles. The molecule has 1 atom stereocenters. The van der Waals surface area contributed by atoms with Crippen LogP contribution in [0.5, 0.6) is 0 Å². The van der Waals surface area contributed by atoms with Gasteiger partial charge in [-0.3, -0.25) is 0 Å². The number of thiocarbonyl (C=S) groups is 1. The van der Waals surface area contributed by atoms with Crippen LogP contribution in [0.25, 0.3) is 0 Å². The Hall–Kier alpha value is -1.23. The van der Waals surface area contributed by atoms with Crippen LogP contribution in [-0.2, 0) is 4.74 Å². The maximum atomic E-state index is 10.2. The highest BCUT2D eigenvalue weighted by atomic mass is 32.1. The van der Waals surface area contributed by atoms with Crippen LogP contribution < -0.4 is 0 Å². The van der Waals surface area contributed by atoms with Gasteiger partial charge in [0, 0.05) is 5.41 Å². The highest BCUT2D eigenvalue weighted by Gasteiger charge is 2.35. The van der Waals surface area contributed by atoms with Gasteiger partial charge in [-0.15, -0.1) is 0 Å². The summed E-state index contributed by atoms with van der Waals surface area (Å²) in [7, 11) is 0. The maximum absolute atomic E-state index is 10.2. The molecule has 4 heteroatoms. The van der Waals surface area contributed by atoms with Gasteiger partial charge in [-0.1, -0.05) is 236 Å². The summed E-state index contributed by atoms with van der Waals surface area (Å²) < 4.78 is 6.18. The third-order valence-electron chi connectivity index (χ3n) is 12.3. The van der Waals surface area contributed by atoms with Crippen molar-refractivity contribution in [1.82, 2.24) is 0 Å². The van der Waals surface area contributed by atoms with E-state index in [1.807, 2.05) is 0 Å². The zero-order valence-electron chi connectivity index (χ0n) is 39.9. The zero-order chi connectivity index (χ0) is 43.0. The van der Waals surface area contributed by atoms with Gasteiger partial charge in [0.1, 0.15) is 12.7 Å². The van der Waals surface area contributed by atoms with Gasteiger partial charge in [0.25, 0.3) is 0 Å². The van der Waals surface area contributed by atoms with Crippen molar-refractivity contribution in [3.05, 3.63) is 48.6 Å². The molecule has 3 nitrogen and oxygen atoms in total.